The average Bonchev–Trinajstić information content (AvgIpc) is 2.58. The first-order valence-electron chi connectivity index (χ1n) is 7.33. The fraction of sp³-hybridized carbons (Fsp3) is 1.00. The zero-order valence-corrected chi connectivity index (χ0v) is 11.8. The van der Waals surface area contributed by atoms with Gasteiger partial charge in [-0.05, 0) is 37.1 Å². The normalized spacial score (nSPS) is 25.9. The standard InChI is InChI=1S/C15H31N/c1-5-7-9-13(6-2)12-16-14-10-8-11-15(14,3)4/h13-14,16H,5-12H2,1-4H3. The van der Waals surface area contributed by atoms with Gasteiger partial charge in [0.25, 0.3) is 0 Å². The maximum absolute atomic E-state index is 3.83. The molecule has 0 aromatic heterocycles. The van der Waals surface area contributed by atoms with E-state index in [2.05, 4.69) is 33.0 Å². The molecule has 0 aliphatic heterocycles. The van der Waals surface area contributed by atoms with Gasteiger partial charge in [0.1, 0.15) is 0 Å². The molecule has 1 saturated carbocycles. The Morgan fingerprint density at radius 3 is 2.56 bits per heavy atom. The van der Waals surface area contributed by atoms with Crippen molar-refractivity contribution in [3.63, 3.8) is 0 Å². The summed E-state index contributed by atoms with van der Waals surface area (Å²) in [5, 5.41) is 3.83. The molecule has 0 aromatic carbocycles. The molecule has 0 amide bonds. The van der Waals surface area contributed by atoms with E-state index in [1.807, 2.05) is 0 Å². The molecule has 96 valence electrons. The summed E-state index contributed by atoms with van der Waals surface area (Å²) in [6.07, 6.45) is 9.68. The van der Waals surface area contributed by atoms with Gasteiger partial charge in [0.2, 0.25) is 0 Å². The SMILES string of the molecule is CCCCC(CC)CNC1CCCC1(C)C. The highest BCUT2D eigenvalue weighted by molar-refractivity contribution is 4.90. The molecule has 2 unspecified atom stereocenters. The van der Waals surface area contributed by atoms with Gasteiger partial charge in [0, 0.05) is 6.04 Å². The van der Waals surface area contributed by atoms with Gasteiger partial charge in [-0.25, -0.2) is 0 Å². The monoisotopic (exact) mass is 225 g/mol. The Hall–Kier alpha value is -0.0400. The van der Waals surface area contributed by atoms with Crippen LogP contribution in [0.5, 0.6) is 0 Å². The first-order chi connectivity index (χ1) is 7.60. The van der Waals surface area contributed by atoms with Crippen molar-refractivity contribution < 1.29 is 0 Å². The minimum Gasteiger partial charge on any atom is -0.313 e. The van der Waals surface area contributed by atoms with Crippen molar-refractivity contribution in [1.82, 2.24) is 5.32 Å². The van der Waals surface area contributed by atoms with Crippen LogP contribution in [-0.2, 0) is 0 Å². The van der Waals surface area contributed by atoms with Crippen LogP contribution in [0.4, 0.5) is 0 Å². The van der Waals surface area contributed by atoms with E-state index in [1.165, 1.54) is 51.5 Å². The molecular weight excluding hydrogens is 194 g/mol. The summed E-state index contributed by atoms with van der Waals surface area (Å²) in [6, 6.07) is 0.767. The van der Waals surface area contributed by atoms with Gasteiger partial charge in [-0.15, -0.1) is 0 Å². The lowest BCUT2D eigenvalue weighted by molar-refractivity contribution is 0.265. The van der Waals surface area contributed by atoms with Crippen molar-refractivity contribution in [1.29, 1.82) is 0 Å². The molecule has 1 rings (SSSR count). The van der Waals surface area contributed by atoms with E-state index < -0.39 is 0 Å². The Morgan fingerprint density at radius 2 is 2.06 bits per heavy atom. The summed E-state index contributed by atoms with van der Waals surface area (Å²) in [5.74, 6) is 0.899. The highest BCUT2D eigenvalue weighted by Gasteiger charge is 2.33. The third-order valence-corrected chi connectivity index (χ3v) is 4.45. The van der Waals surface area contributed by atoms with Crippen LogP contribution in [0, 0.1) is 11.3 Å². The Balaban J connectivity index is 2.26. The van der Waals surface area contributed by atoms with E-state index in [0.717, 1.165) is 12.0 Å². The molecule has 16 heavy (non-hydrogen) atoms. The predicted octanol–water partition coefficient (Wildman–Crippen LogP) is 4.37. The average molecular weight is 225 g/mol. The number of hydrogen-bond acceptors (Lipinski definition) is 1. The first kappa shape index (κ1) is 14.0. The largest absolute Gasteiger partial charge is 0.313 e. The first-order valence-corrected chi connectivity index (χ1v) is 7.33. The second-order valence-corrected chi connectivity index (χ2v) is 6.26. The van der Waals surface area contributed by atoms with Crippen LogP contribution < -0.4 is 5.32 Å². The van der Waals surface area contributed by atoms with Crippen LogP contribution in [0.2, 0.25) is 0 Å². The lowest BCUT2D eigenvalue weighted by Crippen LogP contribution is -2.40. The Morgan fingerprint density at radius 1 is 1.31 bits per heavy atom. The smallest absolute Gasteiger partial charge is 0.0118 e. The summed E-state index contributed by atoms with van der Waals surface area (Å²) in [6.45, 7) is 10.7. The minimum absolute atomic E-state index is 0.531. The second-order valence-electron chi connectivity index (χ2n) is 6.26. The van der Waals surface area contributed by atoms with Crippen LogP contribution >= 0.6 is 0 Å². The van der Waals surface area contributed by atoms with Crippen molar-refractivity contribution in [3.05, 3.63) is 0 Å². The zero-order valence-electron chi connectivity index (χ0n) is 11.8. The van der Waals surface area contributed by atoms with Gasteiger partial charge in [0.15, 0.2) is 0 Å². The van der Waals surface area contributed by atoms with Crippen molar-refractivity contribution in [2.45, 2.75) is 78.7 Å². The molecule has 1 aliphatic carbocycles. The molecule has 0 radical (unpaired) electrons. The molecule has 0 saturated heterocycles. The Kier molecular flexibility index (Phi) is 5.82. The predicted molar refractivity (Wildman–Crippen MR) is 72.7 cm³/mol. The number of unbranched alkanes of at least 4 members (excludes halogenated alkanes) is 1. The van der Waals surface area contributed by atoms with Gasteiger partial charge in [0.05, 0.1) is 0 Å². The zero-order chi connectivity index (χ0) is 12.0. The lowest BCUT2D eigenvalue weighted by Gasteiger charge is -2.29. The van der Waals surface area contributed by atoms with Gasteiger partial charge in [-0.1, -0.05) is 53.4 Å². The van der Waals surface area contributed by atoms with E-state index in [1.54, 1.807) is 0 Å². The summed E-state index contributed by atoms with van der Waals surface area (Å²) in [7, 11) is 0. The van der Waals surface area contributed by atoms with Crippen molar-refractivity contribution in [2.24, 2.45) is 11.3 Å². The summed E-state index contributed by atoms with van der Waals surface area (Å²) in [4.78, 5) is 0. The van der Waals surface area contributed by atoms with Crippen LogP contribution in [0.1, 0.15) is 72.6 Å². The summed E-state index contributed by atoms with van der Waals surface area (Å²) < 4.78 is 0. The quantitative estimate of drug-likeness (QED) is 0.678. The highest BCUT2D eigenvalue weighted by Crippen LogP contribution is 2.37. The minimum atomic E-state index is 0.531. The molecule has 1 heteroatoms. The van der Waals surface area contributed by atoms with Crippen molar-refractivity contribution in [2.75, 3.05) is 6.54 Å². The number of hydrogen-bond donors (Lipinski definition) is 1. The molecule has 0 bridgehead atoms. The molecule has 1 nitrogen and oxygen atoms in total. The molecule has 1 aliphatic rings. The molecule has 2 atom stereocenters. The summed E-state index contributed by atoms with van der Waals surface area (Å²) in [5.41, 5.74) is 0.531. The third kappa shape index (κ3) is 4.08. The molecule has 0 spiro atoms. The van der Waals surface area contributed by atoms with Gasteiger partial charge >= 0.3 is 0 Å². The second kappa shape index (κ2) is 6.64. The Labute approximate surface area is 102 Å². The molecule has 0 heterocycles. The van der Waals surface area contributed by atoms with E-state index in [9.17, 15) is 0 Å². The third-order valence-electron chi connectivity index (χ3n) is 4.45. The van der Waals surface area contributed by atoms with E-state index in [4.69, 9.17) is 0 Å². The maximum Gasteiger partial charge on any atom is 0.0118 e. The number of nitrogens with one attached hydrogen (secondary N) is 1. The van der Waals surface area contributed by atoms with Gasteiger partial charge < -0.3 is 5.32 Å². The topological polar surface area (TPSA) is 12.0 Å². The van der Waals surface area contributed by atoms with Crippen molar-refractivity contribution in [3.8, 4) is 0 Å². The van der Waals surface area contributed by atoms with Gasteiger partial charge in [-0.3, -0.25) is 0 Å². The van der Waals surface area contributed by atoms with Gasteiger partial charge in [-0.2, -0.15) is 0 Å². The maximum atomic E-state index is 3.83. The lowest BCUT2D eigenvalue weighted by atomic mass is 9.87. The Bertz CT molecular complexity index is 186. The molecule has 1 fully saturated rings. The van der Waals surface area contributed by atoms with E-state index in [0.29, 0.717) is 5.41 Å². The molecule has 1 N–H and O–H groups in total. The van der Waals surface area contributed by atoms with Crippen LogP contribution in [-0.4, -0.2) is 12.6 Å². The highest BCUT2D eigenvalue weighted by atomic mass is 14.9. The molecule has 0 aromatic rings. The van der Waals surface area contributed by atoms with Crippen molar-refractivity contribution >= 4 is 0 Å². The van der Waals surface area contributed by atoms with Crippen LogP contribution in [0.25, 0.3) is 0 Å². The van der Waals surface area contributed by atoms with E-state index >= 15 is 0 Å². The van der Waals surface area contributed by atoms with Crippen LogP contribution in [0.3, 0.4) is 0 Å². The molecular formula is C15H31N. The fourth-order valence-corrected chi connectivity index (χ4v) is 2.96. The van der Waals surface area contributed by atoms with E-state index in [-0.39, 0.29) is 0 Å². The number of rotatable bonds is 7. The summed E-state index contributed by atoms with van der Waals surface area (Å²) >= 11 is 0. The van der Waals surface area contributed by atoms with Crippen LogP contribution in [0.15, 0.2) is 0 Å². The fourth-order valence-electron chi connectivity index (χ4n) is 2.96.